The fourth-order valence-corrected chi connectivity index (χ4v) is 3.31. The summed E-state index contributed by atoms with van der Waals surface area (Å²) in [4.78, 5) is 49.8. The first-order chi connectivity index (χ1) is 13.4. The molecular weight excluding hydrogens is 362 g/mol. The summed E-state index contributed by atoms with van der Waals surface area (Å²) in [6, 6.07) is 9.88. The van der Waals surface area contributed by atoms with Gasteiger partial charge in [0.25, 0.3) is 17.4 Å². The maximum absolute atomic E-state index is 12.8. The summed E-state index contributed by atoms with van der Waals surface area (Å²) in [5.41, 5.74) is 0.566. The second-order valence-electron chi connectivity index (χ2n) is 6.69. The van der Waals surface area contributed by atoms with Crippen LogP contribution in [0.15, 0.2) is 47.3 Å². The molecule has 1 atom stereocenters. The molecule has 2 amide bonds. The molecule has 1 saturated heterocycles. The van der Waals surface area contributed by atoms with Crippen molar-refractivity contribution in [3.8, 4) is 0 Å². The number of carbonyl (C=O) groups is 3. The van der Waals surface area contributed by atoms with E-state index in [-0.39, 0.29) is 17.2 Å². The molecule has 1 aliphatic heterocycles. The molecule has 0 bridgehead atoms. The minimum Gasteiger partial charge on any atom is -0.480 e. The van der Waals surface area contributed by atoms with Crippen LogP contribution in [0.1, 0.15) is 40.1 Å². The van der Waals surface area contributed by atoms with Gasteiger partial charge < -0.3 is 19.9 Å². The summed E-state index contributed by atoms with van der Waals surface area (Å²) in [6.07, 6.45) is 1.96. The molecule has 1 aliphatic rings. The Bertz CT molecular complexity index is 982. The number of aliphatic carboxylic acids is 1. The number of amides is 2. The largest absolute Gasteiger partial charge is 0.480 e. The van der Waals surface area contributed by atoms with Gasteiger partial charge in [-0.3, -0.25) is 14.4 Å². The Hall–Kier alpha value is -3.42. The molecule has 1 unspecified atom stereocenters. The first kappa shape index (κ1) is 19.3. The van der Waals surface area contributed by atoms with Crippen LogP contribution >= 0.6 is 0 Å². The van der Waals surface area contributed by atoms with Crippen LogP contribution in [-0.2, 0) is 11.8 Å². The zero-order valence-electron chi connectivity index (χ0n) is 15.4. The highest BCUT2D eigenvalue weighted by atomic mass is 16.4. The predicted octanol–water partition coefficient (Wildman–Crippen LogP) is 1.72. The third-order valence-corrected chi connectivity index (χ3v) is 4.83. The van der Waals surface area contributed by atoms with E-state index in [1.54, 1.807) is 18.2 Å². The third kappa shape index (κ3) is 3.95. The molecule has 1 aromatic heterocycles. The summed E-state index contributed by atoms with van der Waals surface area (Å²) in [5, 5.41) is 12.0. The van der Waals surface area contributed by atoms with Crippen LogP contribution in [0.2, 0.25) is 0 Å². The quantitative estimate of drug-likeness (QED) is 0.836. The lowest BCUT2D eigenvalue weighted by atomic mass is 10.0. The molecule has 1 fully saturated rings. The second-order valence-corrected chi connectivity index (χ2v) is 6.69. The lowest BCUT2D eigenvalue weighted by molar-refractivity contribution is -0.143. The van der Waals surface area contributed by atoms with Crippen molar-refractivity contribution in [3.63, 3.8) is 0 Å². The Morgan fingerprint density at radius 3 is 2.61 bits per heavy atom. The van der Waals surface area contributed by atoms with Crippen molar-refractivity contribution < 1.29 is 19.5 Å². The van der Waals surface area contributed by atoms with E-state index >= 15 is 0 Å². The van der Waals surface area contributed by atoms with E-state index in [0.717, 1.165) is 12.8 Å². The molecule has 0 radical (unpaired) electrons. The topological polar surface area (TPSA) is 109 Å². The Labute approximate surface area is 161 Å². The Balaban J connectivity index is 1.81. The van der Waals surface area contributed by atoms with Gasteiger partial charge in [-0.25, -0.2) is 4.79 Å². The van der Waals surface area contributed by atoms with Crippen molar-refractivity contribution in [2.75, 3.05) is 11.9 Å². The first-order valence-corrected chi connectivity index (χ1v) is 8.99. The molecule has 0 aliphatic carbocycles. The molecule has 8 nitrogen and oxygen atoms in total. The molecule has 146 valence electrons. The lowest BCUT2D eigenvalue weighted by Gasteiger charge is -2.33. The number of pyridine rings is 1. The SMILES string of the molecule is Cn1c(C(=O)Nc2cccc(C(=O)N3CCCCC3C(=O)O)c2)cccc1=O. The molecule has 2 heterocycles. The highest BCUT2D eigenvalue weighted by Crippen LogP contribution is 2.21. The van der Waals surface area contributed by atoms with Crippen LogP contribution < -0.4 is 10.9 Å². The van der Waals surface area contributed by atoms with E-state index < -0.39 is 17.9 Å². The van der Waals surface area contributed by atoms with Crippen molar-refractivity contribution >= 4 is 23.5 Å². The molecule has 2 aromatic rings. The normalized spacial score (nSPS) is 16.5. The zero-order chi connectivity index (χ0) is 20.3. The zero-order valence-corrected chi connectivity index (χ0v) is 15.4. The molecule has 28 heavy (non-hydrogen) atoms. The summed E-state index contributed by atoms with van der Waals surface area (Å²) in [7, 11) is 1.50. The van der Waals surface area contributed by atoms with Crippen LogP contribution in [0.5, 0.6) is 0 Å². The van der Waals surface area contributed by atoms with Crippen LogP contribution in [0, 0.1) is 0 Å². The Morgan fingerprint density at radius 1 is 1.11 bits per heavy atom. The van der Waals surface area contributed by atoms with Gasteiger partial charge in [0.05, 0.1) is 0 Å². The van der Waals surface area contributed by atoms with Crippen molar-refractivity contribution in [1.82, 2.24) is 9.47 Å². The van der Waals surface area contributed by atoms with E-state index in [1.807, 2.05) is 0 Å². The van der Waals surface area contributed by atoms with Gasteiger partial charge in [0.1, 0.15) is 11.7 Å². The fourth-order valence-electron chi connectivity index (χ4n) is 3.31. The van der Waals surface area contributed by atoms with Gasteiger partial charge in [0, 0.05) is 30.9 Å². The number of rotatable bonds is 4. The predicted molar refractivity (Wildman–Crippen MR) is 102 cm³/mol. The van der Waals surface area contributed by atoms with Crippen molar-refractivity contribution in [2.24, 2.45) is 7.05 Å². The van der Waals surface area contributed by atoms with E-state index in [9.17, 15) is 24.3 Å². The number of anilines is 1. The number of nitrogens with one attached hydrogen (secondary N) is 1. The van der Waals surface area contributed by atoms with Crippen molar-refractivity contribution in [2.45, 2.75) is 25.3 Å². The van der Waals surface area contributed by atoms with Crippen molar-refractivity contribution in [3.05, 3.63) is 64.1 Å². The minimum absolute atomic E-state index is 0.186. The molecule has 0 saturated carbocycles. The minimum atomic E-state index is -1.01. The maximum atomic E-state index is 12.8. The molecule has 8 heteroatoms. The highest BCUT2D eigenvalue weighted by Gasteiger charge is 2.32. The molecule has 1 aromatic carbocycles. The smallest absolute Gasteiger partial charge is 0.326 e. The number of carboxylic acid groups (broad SMARTS) is 1. The summed E-state index contributed by atoms with van der Waals surface area (Å²) in [5.74, 6) is -1.87. The van der Waals surface area contributed by atoms with E-state index in [4.69, 9.17) is 0 Å². The number of likely N-dealkylation sites (tertiary alicyclic amines) is 1. The number of carboxylic acids is 1. The number of nitrogens with zero attached hydrogens (tertiary/aromatic N) is 2. The lowest BCUT2D eigenvalue weighted by Crippen LogP contribution is -2.48. The number of benzene rings is 1. The molecule has 0 spiro atoms. The average Bonchev–Trinajstić information content (AvgIpc) is 2.69. The van der Waals surface area contributed by atoms with Crippen LogP contribution in [0.3, 0.4) is 0 Å². The van der Waals surface area contributed by atoms with Gasteiger partial charge in [-0.1, -0.05) is 12.1 Å². The van der Waals surface area contributed by atoms with Gasteiger partial charge in [-0.15, -0.1) is 0 Å². The van der Waals surface area contributed by atoms with E-state index in [2.05, 4.69) is 5.32 Å². The van der Waals surface area contributed by atoms with Crippen molar-refractivity contribution in [1.29, 1.82) is 0 Å². The first-order valence-electron chi connectivity index (χ1n) is 8.99. The van der Waals surface area contributed by atoms with E-state index in [0.29, 0.717) is 24.2 Å². The third-order valence-electron chi connectivity index (χ3n) is 4.83. The number of piperidine rings is 1. The van der Waals surface area contributed by atoms with Crippen LogP contribution in [-0.4, -0.2) is 44.9 Å². The summed E-state index contributed by atoms with van der Waals surface area (Å²) in [6.45, 7) is 0.387. The van der Waals surface area contributed by atoms with E-state index in [1.165, 1.54) is 40.8 Å². The number of hydrogen-bond donors (Lipinski definition) is 2. The second kappa shape index (κ2) is 8.08. The molecular formula is C20H21N3O5. The maximum Gasteiger partial charge on any atom is 0.326 e. The highest BCUT2D eigenvalue weighted by molar-refractivity contribution is 6.04. The average molecular weight is 383 g/mol. The van der Waals surface area contributed by atoms with Crippen LogP contribution in [0.25, 0.3) is 0 Å². The number of aromatic nitrogens is 1. The summed E-state index contributed by atoms with van der Waals surface area (Å²) >= 11 is 0. The molecule has 2 N–H and O–H groups in total. The van der Waals surface area contributed by atoms with Crippen LogP contribution in [0.4, 0.5) is 5.69 Å². The van der Waals surface area contributed by atoms with Gasteiger partial charge in [-0.05, 0) is 43.5 Å². The van der Waals surface area contributed by atoms with Gasteiger partial charge >= 0.3 is 5.97 Å². The summed E-state index contributed by atoms with van der Waals surface area (Å²) < 4.78 is 1.23. The van der Waals surface area contributed by atoms with Gasteiger partial charge in [0.15, 0.2) is 0 Å². The van der Waals surface area contributed by atoms with Gasteiger partial charge in [-0.2, -0.15) is 0 Å². The fraction of sp³-hybridized carbons (Fsp3) is 0.300. The standard InChI is InChI=1S/C20H21N3O5/c1-22-15(9-5-10-17(22)24)18(25)21-14-7-4-6-13(12-14)19(26)23-11-3-2-8-16(23)20(27)28/h4-7,9-10,12,16H,2-3,8,11H2,1H3,(H,21,25)(H,27,28). The van der Waals surface area contributed by atoms with Gasteiger partial charge in [0.2, 0.25) is 0 Å². The number of carbonyl (C=O) groups excluding carboxylic acids is 2. The molecule has 3 rings (SSSR count). The Morgan fingerprint density at radius 2 is 1.86 bits per heavy atom. The number of hydrogen-bond acceptors (Lipinski definition) is 4. The Kier molecular flexibility index (Phi) is 5.58. The monoisotopic (exact) mass is 383 g/mol.